The predicted octanol–water partition coefficient (Wildman–Crippen LogP) is 0.879. The molecule has 1 N–H and O–H groups in total. The topological polar surface area (TPSA) is 87.5 Å². The van der Waals surface area contributed by atoms with Crippen molar-refractivity contribution in [2.75, 3.05) is 33.7 Å². The quantitative estimate of drug-likeness (QED) is 0.803. The number of hydrogen-bond acceptors (Lipinski definition) is 5. The maximum Gasteiger partial charge on any atom is 0.253 e. The van der Waals surface area contributed by atoms with E-state index in [9.17, 15) is 13.2 Å². The van der Waals surface area contributed by atoms with Crippen molar-refractivity contribution < 1.29 is 13.2 Å². The standard InChI is InChI=1S/C17H23N5O3S.ClH/c1-20(2)17(23)13-4-6-14(7-5-13)26(24,25)22-11-8-18-12-15(22)16-19-9-10-21(16)3;/h4-7,9-10,15,18H,8,11-12H2,1-3H3;1H. The van der Waals surface area contributed by atoms with Crippen LogP contribution in [-0.4, -0.2) is 66.8 Å². The van der Waals surface area contributed by atoms with Crippen LogP contribution in [0.1, 0.15) is 22.2 Å². The average Bonchev–Trinajstić information content (AvgIpc) is 3.07. The maximum atomic E-state index is 13.2. The largest absolute Gasteiger partial charge is 0.345 e. The second kappa shape index (κ2) is 8.39. The molecule has 1 fully saturated rings. The second-order valence-electron chi connectivity index (χ2n) is 6.46. The van der Waals surface area contributed by atoms with Gasteiger partial charge in [0.05, 0.1) is 10.9 Å². The fourth-order valence-corrected chi connectivity index (χ4v) is 4.64. The summed E-state index contributed by atoms with van der Waals surface area (Å²) in [4.78, 5) is 17.9. The number of aryl methyl sites for hydroxylation is 1. The molecule has 1 aromatic carbocycles. The van der Waals surface area contributed by atoms with Gasteiger partial charge in [-0.15, -0.1) is 12.4 Å². The predicted molar refractivity (Wildman–Crippen MR) is 104 cm³/mol. The Morgan fingerprint density at radius 2 is 1.93 bits per heavy atom. The maximum absolute atomic E-state index is 13.2. The number of rotatable bonds is 4. The highest BCUT2D eigenvalue weighted by molar-refractivity contribution is 7.89. The summed E-state index contributed by atoms with van der Waals surface area (Å²) in [5, 5.41) is 3.23. The molecule has 27 heavy (non-hydrogen) atoms. The van der Waals surface area contributed by atoms with E-state index in [1.807, 2.05) is 11.6 Å². The molecule has 0 radical (unpaired) electrons. The van der Waals surface area contributed by atoms with Crippen LogP contribution in [0.3, 0.4) is 0 Å². The number of amides is 1. The average molecular weight is 414 g/mol. The van der Waals surface area contributed by atoms with Crippen molar-refractivity contribution in [3.8, 4) is 0 Å². The summed E-state index contributed by atoms with van der Waals surface area (Å²) in [5.74, 6) is 0.530. The van der Waals surface area contributed by atoms with Gasteiger partial charge in [0, 0.05) is 58.7 Å². The van der Waals surface area contributed by atoms with Crippen LogP contribution in [0.2, 0.25) is 0 Å². The zero-order valence-corrected chi connectivity index (χ0v) is 17.1. The van der Waals surface area contributed by atoms with E-state index < -0.39 is 10.0 Å². The molecule has 1 amide bonds. The van der Waals surface area contributed by atoms with E-state index in [1.165, 1.54) is 21.3 Å². The van der Waals surface area contributed by atoms with Crippen molar-refractivity contribution in [3.05, 3.63) is 48.0 Å². The van der Waals surface area contributed by atoms with E-state index in [1.54, 1.807) is 38.6 Å². The molecule has 3 rings (SSSR count). The molecule has 2 heterocycles. The molecule has 1 aliphatic heterocycles. The molecule has 8 nitrogen and oxygen atoms in total. The Bertz CT molecular complexity index is 896. The van der Waals surface area contributed by atoms with Crippen LogP contribution in [-0.2, 0) is 17.1 Å². The van der Waals surface area contributed by atoms with Gasteiger partial charge < -0.3 is 14.8 Å². The molecule has 0 bridgehead atoms. The fraction of sp³-hybridized carbons (Fsp3) is 0.412. The van der Waals surface area contributed by atoms with Crippen LogP contribution in [0.5, 0.6) is 0 Å². The van der Waals surface area contributed by atoms with Gasteiger partial charge in [0.15, 0.2) is 0 Å². The minimum absolute atomic E-state index is 0. The first kappa shape index (κ1) is 21.4. The molecule has 0 spiro atoms. The number of nitrogens with one attached hydrogen (secondary N) is 1. The third-order valence-corrected chi connectivity index (χ3v) is 6.39. The third-order valence-electron chi connectivity index (χ3n) is 4.46. The number of carbonyl (C=O) groups excluding carboxylic acids is 1. The van der Waals surface area contributed by atoms with Crippen LogP contribution in [0.4, 0.5) is 0 Å². The van der Waals surface area contributed by atoms with Gasteiger partial charge in [-0.1, -0.05) is 0 Å². The molecule has 0 saturated carbocycles. The summed E-state index contributed by atoms with van der Waals surface area (Å²) in [5.41, 5.74) is 0.454. The lowest BCUT2D eigenvalue weighted by atomic mass is 10.2. The molecule has 2 aromatic rings. The lowest BCUT2D eigenvalue weighted by molar-refractivity contribution is 0.0827. The van der Waals surface area contributed by atoms with Crippen LogP contribution in [0, 0.1) is 0 Å². The summed E-state index contributed by atoms with van der Waals surface area (Å²) in [6.07, 6.45) is 3.47. The summed E-state index contributed by atoms with van der Waals surface area (Å²) >= 11 is 0. The molecule has 1 aromatic heterocycles. The Balaban J connectivity index is 0.00000261. The van der Waals surface area contributed by atoms with Gasteiger partial charge in [-0.25, -0.2) is 13.4 Å². The SMILES string of the molecule is CN(C)C(=O)c1ccc(S(=O)(=O)N2CCNCC2c2nccn2C)cc1.Cl. The van der Waals surface area contributed by atoms with Crippen molar-refractivity contribution in [2.24, 2.45) is 7.05 Å². The zero-order chi connectivity index (χ0) is 18.9. The number of hydrogen-bond donors (Lipinski definition) is 1. The summed E-state index contributed by atoms with van der Waals surface area (Å²) in [7, 11) is 1.46. The van der Waals surface area contributed by atoms with E-state index in [2.05, 4.69) is 10.3 Å². The molecule has 1 saturated heterocycles. The third kappa shape index (κ3) is 4.16. The Kier molecular flexibility index (Phi) is 6.63. The summed E-state index contributed by atoms with van der Waals surface area (Å²) in [6, 6.07) is 5.70. The lowest BCUT2D eigenvalue weighted by Gasteiger charge is -2.34. The van der Waals surface area contributed by atoms with Gasteiger partial charge in [-0.2, -0.15) is 4.31 Å². The highest BCUT2D eigenvalue weighted by Crippen LogP contribution is 2.28. The monoisotopic (exact) mass is 413 g/mol. The number of carbonyl (C=O) groups is 1. The van der Waals surface area contributed by atoms with E-state index in [-0.39, 0.29) is 29.3 Å². The van der Waals surface area contributed by atoms with Crippen LogP contribution in [0.25, 0.3) is 0 Å². The number of halogens is 1. The highest BCUT2D eigenvalue weighted by Gasteiger charge is 2.36. The van der Waals surface area contributed by atoms with Crippen LogP contribution >= 0.6 is 12.4 Å². The van der Waals surface area contributed by atoms with Gasteiger partial charge in [0.25, 0.3) is 5.91 Å². The zero-order valence-electron chi connectivity index (χ0n) is 15.5. The molecule has 148 valence electrons. The number of nitrogens with zero attached hydrogens (tertiary/aromatic N) is 4. The van der Waals surface area contributed by atoms with Crippen molar-refractivity contribution in [2.45, 2.75) is 10.9 Å². The number of aromatic nitrogens is 2. The van der Waals surface area contributed by atoms with Gasteiger partial charge in [-0.3, -0.25) is 4.79 Å². The Hall–Kier alpha value is -1.94. The van der Waals surface area contributed by atoms with E-state index in [4.69, 9.17) is 0 Å². The van der Waals surface area contributed by atoms with E-state index in [0.29, 0.717) is 31.0 Å². The number of imidazole rings is 1. The summed E-state index contributed by atoms with van der Waals surface area (Å²) in [6.45, 7) is 1.44. The van der Waals surface area contributed by atoms with Gasteiger partial charge in [0.1, 0.15) is 5.82 Å². The Labute approximate surface area is 165 Å². The van der Waals surface area contributed by atoms with Crippen molar-refractivity contribution >= 4 is 28.3 Å². The van der Waals surface area contributed by atoms with Crippen molar-refractivity contribution in [3.63, 3.8) is 0 Å². The smallest absolute Gasteiger partial charge is 0.253 e. The van der Waals surface area contributed by atoms with Crippen molar-refractivity contribution in [1.82, 2.24) is 24.1 Å². The molecular weight excluding hydrogens is 390 g/mol. The fourth-order valence-electron chi connectivity index (χ4n) is 3.05. The number of benzene rings is 1. The van der Waals surface area contributed by atoms with Crippen LogP contribution < -0.4 is 5.32 Å². The normalized spacial score (nSPS) is 18.0. The van der Waals surface area contributed by atoms with E-state index in [0.717, 1.165) is 0 Å². The lowest BCUT2D eigenvalue weighted by Crippen LogP contribution is -2.49. The Morgan fingerprint density at radius 3 is 2.48 bits per heavy atom. The number of piperazine rings is 1. The highest BCUT2D eigenvalue weighted by atomic mass is 35.5. The molecule has 10 heteroatoms. The summed E-state index contributed by atoms with van der Waals surface area (Å²) < 4.78 is 29.7. The molecular formula is C17H24ClN5O3S. The Morgan fingerprint density at radius 1 is 1.26 bits per heavy atom. The van der Waals surface area contributed by atoms with Crippen molar-refractivity contribution in [1.29, 1.82) is 0 Å². The van der Waals surface area contributed by atoms with Gasteiger partial charge in [0.2, 0.25) is 10.0 Å². The second-order valence-corrected chi connectivity index (χ2v) is 8.35. The first-order chi connectivity index (χ1) is 12.3. The van der Waals surface area contributed by atoms with Gasteiger partial charge >= 0.3 is 0 Å². The first-order valence-corrected chi connectivity index (χ1v) is 9.78. The molecule has 1 unspecified atom stereocenters. The number of sulfonamides is 1. The molecule has 0 aliphatic carbocycles. The molecule has 1 atom stereocenters. The van der Waals surface area contributed by atoms with E-state index >= 15 is 0 Å². The first-order valence-electron chi connectivity index (χ1n) is 8.34. The minimum Gasteiger partial charge on any atom is -0.345 e. The minimum atomic E-state index is -3.70. The van der Waals surface area contributed by atoms with Crippen LogP contribution in [0.15, 0.2) is 41.6 Å². The van der Waals surface area contributed by atoms with Gasteiger partial charge in [-0.05, 0) is 24.3 Å². The molecule has 1 aliphatic rings.